The zero-order valence-electron chi connectivity index (χ0n) is 30.9. The van der Waals surface area contributed by atoms with Crippen molar-refractivity contribution in [2.45, 2.75) is 94.4 Å². The first-order valence-electron chi connectivity index (χ1n) is 17.4. The van der Waals surface area contributed by atoms with Gasteiger partial charge in [0.05, 0.1) is 29.8 Å². The molecule has 2 aromatic carbocycles. The van der Waals surface area contributed by atoms with Crippen molar-refractivity contribution >= 4 is 17.7 Å². The van der Waals surface area contributed by atoms with Gasteiger partial charge >= 0.3 is 11.9 Å². The Morgan fingerprint density at radius 1 is 0.942 bits per heavy atom. The van der Waals surface area contributed by atoms with Crippen molar-refractivity contribution in [3.8, 4) is 0 Å². The molecule has 3 fully saturated rings. The van der Waals surface area contributed by atoms with Gasteiger partial charge in [-0.2, -0.15) is 0 Å². The molecule has 1 heterocycles. The summed E-state index contributed by atoms with van der Waals surface area (Å²) in [7, 11) is 4.28. The Bertz CT molecular complexity index is 1690. The van der Waals surface area contributed by atoms with E-state index in [1.807, 2.05) is 30.3 Å². The summed E-state index contributed by atoms with van der Waals surface area (Å²) >= 11 is 0. The van der Waals surface area contributed by atoms with Gasteiger partial charge in [0.2, 0.25) is 6.10 Å². The quantitative estimate of drug-likeness (QED) is 0.249. The zero-order valence-corrected chi connectivity index (χ0v) is 35.6. The minimum Gasteiger partial charge on any atom is -0.456 e. The Balaban J connectivity index is 0.00000523. The summed E-state index contributed by atoms with van der Waals surface area (Å²) in [5.41, 5.74) is -0.542. The number of ether oxygens (including phenoxy) is 6. The maximum atomic E-state index is 15.2. The third-order valence-electron chi connectivity index (χ3n) is 12.4. The van der Waals surface area contributed by atoms with Crippen LogP contribution in [0.1, 0.15) is 62.5 Å². The Hall–Kier alpha value is -2.05. The normalized spacial score (nSPS) is 36.0. The van der Waals surface area contributed by atoms with Gasteiger partial charge in [-0.3, -0.25) is 4.79 Å². The van der Waals surface area contributed by atoms with Gasteiger partial charge < -0.3 is 44.4 Å². The summed E-state index contributed by atoms with van der Waals surface area (Å²) in [5, 5.41) is 25.9. The Kier molecular flexibility index (Phi) is 12.0. The fraction of sp³-hybridized carbons (Fsp3) is 0.564. The second-order valence-electron chi connectivity index (χ2n) is 15.1. The first kappa shape index (κ1) is 41.1. The number of fused-ring (bicyclic) bond motifs is 5. The number of hydrogen-bond acceptors (Lipinski definition) is 11. The third-order valence-corrected chi connectivity index (χ3v) is 12.4. The molecule has 0 amide bonds. The molecule has 2 bridgehead atoms. The van der Waals surface area contributed by atoms with Gasteiger partial charge in [-0.15, -0.1) is 0 Å². The number of esters is 2. The van der Waals surface area contributed by atoms with Crippen molar-refractivity contribution in [3.05, 3.63) is 82.9 Å². The van der Waals surface area contributed by atoms with Crippen molar-refractivity contribution in [3.63, 3.8) is 0 Å². The van der Waals surface area contributed by atoms with Gasteiger partial charge in [-0.1, -0.05) is 62.4 Å². The van der Waals surface area contributed by atoms with E-state index in [1.54, 1.807) is 58.0 Å². The summed E-state index contributed by atoms with van der Waals surface area (Å²) in [4.78, 5) is 43.2. The van der Waals surface area contributed by atoms with E-state index in [2.05, 4.69) is 5.73 Å². The number of carbonyl (C=O) groups is 3. The van der Waals surface area contributed by atoms with Gasteiger partial charge in [0.25, 0.3) is 0 Å². The topological polar surface area (TPSA) is 175 Å². The number of Topliss-reactive ketones (excluding diaryl/α,β-unsaturated/α-hetero) is 1. The molecule has 13 heteroatoms. The van der Waals surface area contributed by atoms with Crippen LogP contribution in [0.25, 0.3) is 0 Å². The smallest absolute Gasteiger partial charge is 0.342 e. The molecule has 279 valence electrons. The molecule has 5 N–H and O–H groups in total. The maximum Gasteiger partial charge on any atom is 0.342 e. The molecule has 12 nitrogen and oxygen atoms in total. The molecule has 6 rings (SSSR count). The van der Waals surface area contributed by atoms with Gasteiger partial charge in [0, 0.05) is 95.1 Å². The van der Waals surface area contributed by atoms with Crippen LogP contribution in [-0.2, 0) is 38.0 Å². The van der Waals surface area contributed by atoms with E-state index >= 15 is 4.79 Å². The number of rotatable bonds is 9. The number of benzene rings is 2. The first-order valence-corrected chi connectivity index (χ1v) is 17.4. The van der Waals surface area contributed by atoms with E-state index in [0.29, 0.717) is 11.1 Å². The van der Waals surface area contributed by atoms with E-state index in [-0.39, 0.29) is 69.1 Å². The van der Waals surface area contributed by atoms with Crippen LogP contribution in [-0.4, -0.2) is 104 Å². The van der Waals surface area contributed by atoms with Crippen LogP contribution >= 0.6 is 0 Å². The summed E-state index contributed by atoms with van der Waals surface area (Å²) < 4.78 is 36.1. The predicted molar refractivity (Wildman–Crippen MR) is 182 cm³/mol. The SMILES string of the molecule is COC1C(=O)[C@]2(C)C(OC)CC3OCC3(O)C2C(OC(=O)c2ccccc2)C2(O)CC(OC(=O)C(OC)C([NH3+])c3ccccc3)C(C)=C1C2(C)C.[Ac]. The Morgan fingerprint density at radius 3 is 2.10 bits per heavy atom. The molecule has 3 aliphatic carbocycles. The molecule has 4 aliphatic rings. The van der Waals surface area contributed by atoms with E-state index in [0.717, 1.165) is 5.56 Å². The fourth-order valence-corrected chi connectivity index (χ4v) is 9.39. The molecular formula is C39H50AcNO11+. The van der Waals surface area contributed by atoms with Gasteiger partial charge in [0.1, 0.15) is 35.6 Å². The predicted octanol–water partition coefficient (Wildman–Crippen LogP) is 2.37. The van der Waals surface area contributed by atoms with Crippen LogP contribution in [0.5, 0.6) is 0 Å². The molecule has 52 heavy (non-hydrogen) atoms. The number of hydrogen-bond donors (Lipinski definition) is 3. The minimum absolute atomic E-state index is 0. The van der Waals surface area contributed by atoms with Gasteiger partial charge in [-0.25, -0.2) is 9.59 Å². The van der Waals surface area contributed by atoms with Crippen molar-refractivity contribution in [2.75, 3.05) is 27.9 Å². The second kappa shape index (κ2) is 15.2. The number of methoxy groups -OCH3 is 3. The monoisotopic (exact) mass is 935 g/mol. The van der Waals surface area contributed by atoms with Crippen molar-refractivity contribution in [2.24, 2.45) is 16.7 Å². The van der Waals surface area contributed by atoms with Crippen LogP contribution in [0.2, 0.25) is 0 Å². The molecule has 10 unspecified atom stereocenters. The molecule has 11 atom stereocenters. The van der Waals surface area contributed by atoms with E-state index in [1.165, 1.54) is 21.3 Å². The number of quaternary nitrogens is 1. The molecule has 1 aliphatic heterocycles. The average molecular weight is 936 g/mol. The van der Waals surface area contributed by atoms with Crippen LogP contribution in [0.4, 0.5) is 0 Å². The van der Waals surface area contributed by atoms with Crippen LogP contribution < -0.4 is 5.73 Å². The van der Waals surface area contributed by atoms with Crippen LogP contribution in [0, 0.1) is 60.8 Å². The molecule has 2 aromatic rings. The molecule has 1 saturated heterocycles. The standard InChI is InChI=1S/C39H49NO11.Ac/c1-21-24(50-35(43)30(48-7)28(40)22-14-10-8-11-15-22)19-39(45)33(51-34(42)23-16-12-9-13-17-23)31-37(4,25(46-5)18-26-38(31,44)20-49-26)32(41)29(47-6)27(21)36(39,2)3;/h8-17,24-26,28-31,33,44-45H,18-20,40H2,1-7H3;/p+1/t24?,25?,26?,28?,29?,30?,31?,33?,37-,38?,39?;/m1./s1. The van der Waals surface area contributed by atoms with Crippen LogP contribution in [0.15, 0.2) is 71.8 Å². The molecule has 1 radical (unpaired) electrons. The molecule has 2 saturated carbocycles. The summed E-state index contributed by atoms with van der Waals surface area (Å²) in [6.07, 6.45) is -6.59. The van der Waals surface area contributed by atoms with E-state index in [9.17, 15) is 19.8 Å². The average Bonchev–Trinajstić information content (AvgIpc) is 3.11. The third kappa shape index (κ3) is 6.26. The van der Waals surface area contributed by atoms with E-state index < -0.39 is 88.3 Å². The van der Waals surface area contributed by atoms with Gasteiger partial charge in [-0.05, 0) is 37.1 Å². The Labute approximate surface area is 340 Å². The Morgan fingerprint density at radius 2 is 1.56 bits per heavy atom. The van der Waals surface area contributed by atoms with E-state index in [4.69, 9.17) is 28.4 Å². The van der Waals surface area contributed by atoms with Crippen molar-refractivity contribution in [1.82, 2.24) is 0 Å². The van der Waals surface area contributed by atoms with Crippen LogP contribution in [0.3, 0.4) is 0 Å². The minimum atomic E-state index is -2.04. The van der Waals surface area contributed by atoms with Crippen molar-refractivity contribution < 1.29 is 103 Å². The molecular weight excluding hydrogens is 885 g/mol. The number of aliphatic hydroxyl groups is 2. The summed E-state index contributed by atoms with van der Waals surface area (Å²) in [6, 6.07) is 16.9. The van der Waals surface area contributed by atoms with Gasteiger partial charge in [0.15, 0.2) is 5.78 Å². The maximum absolute atomic E-state index is 15.2. The molecule has 0 aromatic heterocycles. The zero-order chi connectivity index (χ0) is 37.1. The number of ketones is 1. The first-order chi connectivity index (χ1) is 24.1. The largest absolute Gasteiger partial charge is 0.456 e. The summed E-state index contributed by atoms with van der Waals surface area (Å²) in [6.45, 7) is 6.78. The molecule has 0 spiro atoms. The summed E-state index contributed by atoms with van der Waals surface area (Å²) in [5.74, 6) is -3.13. The number of carbonyl (C=O) groups excluding carboxylic acids is 3. The van der Waals surface area contributed by atoms with Crippen molar-refractivity contribution in [1.29, 1.82) is 0 Å². The second-order valence-corrected chi connectivity index (χ2v) is 15.1. The fourth-order valence-electron chi connectivity index (χ4n) is 9.39.